The minimum atomic E-state index is 0.404. The molecule has 0 aliphatic heterocycles. The summed E-state index contributed by atoms with van der Waals surface area (Å²) in [6.07, 6.45) is 13.4. The van der Waals surface area contributed by atoms with Crippen LogP contribution < -0.4 is 0 Å². The predicted molar refractivity (Wildman–Crippen MR) is 78.6 cm³/mol. The lowest BCUT2D eigenvalue weighted by atomic mass is 9.83. The van der Waals surface area contributed by atoms with Gasteiger partial charge in [0.25, 0.3) is 0 Å². The molecule has 0 aromatic heterocycles. The van der Waals surface area contributed by atoms with E-state index in [0.717, 1.165) is 37.7 Å². The Morgan fingerprint density at radius 2 is 1.83 bits per heavy atom. The number of rotatable bonds is 7. The maximum Gasteiger partial charge on any atom is 0.159 e. The van der Waals surface area contributed by atoms with Crippen LogP contribution in [0.1, 0.15) is 72.1 Å². The van der Waals surface area contributed by atoms with E-state index in [9.17, 15) is 4.79 Å². The molecule has 0 saturated heterocycles. The third-order valence-corrected chi connectivity index (χ3v) is 3.73. The quantitative estimate of drug-likeness (QED) is 0.446. The SMILES string of the molecule is CCCC/C=C\CCCC1=C(C)C[C@@H](C)CC1=O. The van der Waals surface area contributed by atoms with Gasteiger partial charge in [-0.3, -0.25) is 4.79 Å². The Kier molecular flexibility index (Phi) is 7.00. The first-order valence-corrected chi connectivity index (χ1v) is 7.52. The number of carbonyl (C=O) groups is 1. The summed E-state index contributed by atoms with van der Waals surface area (Å²) >= 11 is 0. The molecule has 0 aromatic rings. The van der Waals surface area contributed by atoms with Gasteiger partial charge in [-0.05, 0) is 50.5 Å². The van der Waals surface area contributed by atoms with E-state index in [0.29, 0.717) is 11.7 Å². The molecule has 1 aliphatic rings. The van der Waals surface area contributed by atoms with Crippen molar-refractivity contribution in [3.05, 3.63) is 23.3 Å². The minimum absolute atomic E-state index is 0.404. The molecule has 1 atom stereocenters. The van der Waals surface area contributed by atoms with E-state index < -0.39 is 0 Å². The van der Waals surface area contributed by atoms with E-state index in [1.54, 1.807) is 0 Å². The molecule has 0 N–H and O–H groups in total. The molecule has 18 heavy (non-hydrogen) atoms. The van der Waals surface area contributed by atoms with E-state index in [1.165, 1.54) is 24.8 Å². The molecule has 0 aromatic carbocycles. The van der Waals surface area contributed by atoms with Gasteiger partial charge in [0.05, 0.1) is 0 Å². The van der Waals surface area contributed by atoms with E-state index in [-0.39, 0.29) is 0 Å². The van der Waals surface area contributed by atoms with E-state index in [1.807, 2.05) is 0 Å². The van der Waals surface area contributed by atoms with E-state index in [2.05, 4.69) is 32.9 Å². The first kappa shape index (κ1) is 15.2. The second kappa shape index (κ2) is 8.29. The van der Waals surface area contributed by atoms with Crippen molar-refractivity contribution in [2.45, 2.75) is 72.1 Å². The van der Waals surface area contributed by atoms with Crippen LogP contribution in [0, 0.1) is 5.92 Å². The summed E-state index contributed by atoms with van der Waals surface area (Å²) < 4.78 is 0. The largest absolute Gasteiger partial charge is 0.295 e. The average molecular weight is 248 g/mol. The van der Waals surface area contributed by atoms with Crippen molar-refractivity contribution in [3.63, 3.8) is 0 Å². The van der Waals surface area contributed by atoms with Crippen molar-refractivity contribution >= 4 is 5.78 Å². The van der Waals surface area contributed by atoms with Crippen LogP contribution in [0.2, 0.25) is 0 Å². The fraction of sp³-hybridized carbons (Fsp3) is 0.706. The third-order valence-electron chi connectivity index (χ3n) is 3.73. The molecule has 0 unspecified atom stereocenters. The van der Waals surface area contributed by atoms with Crippen LogP contribution in [0.25, 0.3) is 0 Å². The molecular formula is C17H28O. The number of allylic oxidation sites excluding steroid dienone is 4. The van der Waals surface area contributed by atoms with Crippen molar-refractivity contribution in [2.24, 2.45) is 5.92 Å². The molecule has 1 heteroatoms. The zero-order valence-electron chi connectivity index (χ0n) is 12.3. The topological polar surface area (TPSA) is 17.1 Å². The number of hydrogen-bond acceptors (Lipinski definition) is 1. The van der Waals surface area contributed by atoms with Crippen molar-refractivity contribution < 1.29 is 4.79 Å². The molecule has 0 saturated carbocycles. The van der Waals surface area contributed by atoms with Crippen LogP contribution >= 0.6 is 0 Å². The standard InChI is InChI=1S/C17H28O/c1-4-5-6-7-8-9-10-11-16-15(3)12-14(2)13-17(16)18/h7-8,14H,4-6,9-13H2,1-3H3/b8-7-/t14-/m1/s1. The Balaban J connectivity index is 2.28. The smallest absolute Gasteiger partial charge is 0.159 e. The second-order valence-corrected chi connectivity index (χ2v) is 5.70. The van der Waals surface area contributed by atoms with Gasteiger partial charge in [-0.1, -0.05) is 44.4 Å². The number of Topliss-reactive ketones (excluding diaryl/α,β-unsaturated/α-hetero) is 1. The van der Waals surface area contributed by atoms with Gasteiger partial charge in [-0.15, -0.1) is 0 Å². The highest BCUT2D eigenvalue weighted by molar-refractivity contribution is 5.97. The van der Waals surface area contributed by atoms with E-state index >= 15 is 0 Å². The van der Waals surface area contributed by atoms with Crippen LogP contribution in [0.3, 0.4) is 0 Å². The van der Waals surface area contributed by atoms with Gasteiger partial charge in [0.1, 0.15) is 0 Å². The molecule has 0 amide bonds. The Morgan fingerprint density at radius 1 is 1.17 bits per heavy atom. The summed E-state index contributed by atoms with van der Waals surface area (Å²) in [5.41, 5.74) is 2.48. The van der Waals surface area contributed by atoms with Crippen molar-refractivity contribution in [3.8, 4) is 0 Å². The Hall–Kier alpha value is -0.850. The molecule has 0 spiro atoms. The van der Waals surface area contributed by atoms with Crippen LogP contribution in [0.15, 0.2) is 23.3 Å². The van der Waals surface area contributed by atoms with Gasteiger partial charge < -0.3 is 0 Å². The number of hydrogen-bond donors (Lipinski definition) is 0. The monoisotopic (exact) mass is 248 g/mol. The molecular weight excluding hydrogens is 220 g/mol. The van der Waals surface area contributed by atoms with Gasteiger partial charge in [-0.25, -0.2) is 0 Å². The van der Waals surface area contributed by atoms with Gasteiger partial charge in [0.15, 0.2) is 5.78 Å². The van der Waals surface area contributed by atoms with Crippen LogP contribution in [0.4, 0.5) is 0 Å². The number of carbonyl (C=O) groups excluding carboxylic acids is 1. The van der Waals surface area contributed by atoms with Crippen molar-refractivity contribution in [1.29, 1.82) is 0 Å². The first-order chi connectivity index (χ1) is 8.65. The maximum absolute atomic E-state index is 11.9. The first-order valence-electron chi connectivity index (χ1n) is 7.52. The highest BCUT2D eigenvalue weighted by atomic mass is 16.1. The summed E-state index contributed by atoms with van der Waals surface area (Å²) in [7, 11) is 0. The lowest BCUT2D eigenvalue weighted by molar-refractivity contribution is -0.117. The Labute approximate surface area is 112 Å². The highest BCUT2D eigenvalue weighted by Crippen LogP contribution is 2.29. The molecule has 0 fully saturated rings. The lowest BCUT2D eigenvalue weighted by Gasteiger charge is -2.21. The van der Waals surface area contributed by atoms with Gasteiger partial charge in [0, 0.05) is 6.42 Å². The summed E-state index contributed by atoms with van der Waals surface area (Å²) in [6.45, 7) is 6.54. The molecule has 0 heterocycles. The number of unbranched alkanes of at least 4 members (excludes halogenated alkanes) is 3. The van der Waals surface area contributed by atoms with Crippen molar-refractivity contribution in [1.82, 2.24) is 0 Å². The average Bonchev–Trinajstić information content (AvgIpc) is 2.30. The molecule has 0 radical (unpaired) electrons. The van der Waals surface area contributed by atoms with Crippen LogP contribution in [0.5, 0.6) is 0 Å². The fourth-order valence-electron chi connectivity index (χ4n) is 2.70. The lowest BCUT2D eigenvalue weighted by Crippen LogP contribution is -2.16. The van der Waals surface area contributed by atoms with Crippen LogP contribution in [-0.2, 0) is 4.79 Å². The van der Waals surface area contributed by atoms with Gasteiger partial charge >= 0.3 is 0 Å². The summed E-state index contributed by atoms with van der Waals surface area (Å²) in [4.78, 5) is 11.9. The zero-order chi connectivity index (χ0) is 13.4. The summed E-state index contributed by atoms with van der Waals surface area (Å²) in [6, 6.07) is 0. The normalized spacial score (nSPS) is 21.1. The third kappa shape index (κ3) is 5.20. The van der Waals surface area contributed by atoms with Gasteiger partial charge in [0.2, 0.25) is 0 Å². The molecule has 102 valence electrons. The minimum Gasteiger partial charge on any atom is -0.295 e. The predicted octanol–water partition coefficient (Wildman–Crippen LogP) is 5.22. The fourth-order valence-corrected chi connectivity index (χ4v) is 2.70. The highest BCUT2D eigenvalue weighted by Gasteiger charge is 2.21. The number of ketones is 1. The van der Waals surface area contributed by atoms with Crippen LogP contribution in [-0.4, -0.2) is 5.78 Å². The second-order valence-electron chi connectivity index (χ2n) is 5.70. The van der Waals surface area contributed by atoms with E-state index in [4.69, 9.17) is 0 Å². The summed E-state index contributed by atoms with van der Waals surface area (Å²) in [5, 5.41) is 0. The molecule has 1 aliphatic carbocycles. The molecule has 1 nitrogen and oxygen atoms in total. The molecule has 1 rings (SSSR count). The zero-order valence-corrected chi connectivity index (χ0v) is 12.3. The maximum atomic E-state index is 11.9. The molecule has 0 bridgehead atoms. The van der Waals surface area contributed by atoms with Gasteiger partial charge in [-0.2, -0.15) is 0 Å². The Morgan fingerprint density at radius 3 is 2.44 bits per heavy atom. The Bertz CT molecular complexity index is 323. The summed E-state index contributed by atoms with van der Waals surface area (Å²) in [5.74, 6) is 0.955. The van der Waals surface area contributed by atoms with Crippen molar-refractivity contribution in [2.75, 3.05) is 0 Å².